The second-order valence-electron chi connectivity index (χ2n) is 6.52. The summed E-state index contributed by atoms with van der Waals surface area (Å²) in [5.41, 5.74) is 0. The standard InChI is InChI=1S/C16H29NO4/c1-4-21-14-6-12(7-14)8-15(18)17-10-13(5-11(2)3)9-16(19)20/h11-14H,4-10H2,1-3H3,(H,17,18)(H,19,20). The molecule has 0 aliphatic heterocycles. The molecule has 0 aromatic rings. The van der Waals surface area contributed by atoms with Crippen molar-refractivity contribution in [1.29, 1.82) is 0 Å². The van der Waals surface area contributed by atoms with E-state index in [2.05, 4.69) is 19.2 Å². The van der Waals surface area contributed by atoms with E-state index in [-0.39, 0.29) is 18.2 Å². The van der Waals surface area contributed by atoms with E-state index in [0.29, 0.717) is 30.9 Å². The van der Waals surface area contributed by atoms with Gasteiger partial charge >= 0.3 is 5.97 Å². The predicted octanol–water partition coefficient (Wildman–Crippen LogP) is 2.44. The Morgan fingerprint density at radius 1 is 1.33 bits per heavy atom. The van der Waals surface area contributed by atoms with Gasteiger partial charge in [-0.15, -0.1) is 0 Å². The van der Waals surface area contributed by atoms with Gasteiger partial charge in [-0.1, -0.05) is 13.8 Å². The van der Waals surface area contributed by atoms with Crippen molar-refractivity contribution in [1.82, 2.24) is 5.32 Å². The third kappa shape index (κ3) is 7.46. The molecule has 0 saturated heterocycles. The maximum atomic E-state index is 11.9. The number of rotatable bonds is 10. The third-order valence-electron chi connectivity index (χ3n) is 3.92. The first-order valence-electron chi connectivity index (χ1n) is 8.00. The molecular formula is C16H29NO4. The van der Waals surface area contributed by atoms with Crippen molar-refractivity contribution >= 4 is 11.9 Å². The number of carbonyl (C=O) groups excluding carboxylic acids is 1. The second kappa shape index (κ2) is 9.03. The van der Waals surface area contributed by atoms with Crippen LogP contribution in [0.4, 0.5) is 0 Å². The minimum Gasteiger partial charge on any atom is -0.481 e. The largest absolute Gasteiger partial charge is 0.481 e. The lowest BCUT2D eigenvalue weighted by Gasteiger charge is -2.34. The van der Waals surface area contributed by atoms with Crippen LogP contribution in [-0.4, -0.2) is 36.2 Å². The van der Waals surface area contributed by atoms with Crippen LogP contribution in [-0.2, 0) is 14.3 Å². The average Bonchev–Trinajstić information content (AvgIpc) is 2.32. The number of nitrogens with one attached hydrogen (secondary N) is 1. The molecule has 5 nitrogen and oxygen atoms in total. The summed E-state index contributed by atoms with van der Waals surface area (Å²) in [5.74, 6) is 0.112. The third-order valence-corrected chi connectivity index (χ3v) is 3.92. The van der Waals surface area contributed by atoms with Gasteiger partial charge in [-0.05, 0) is 43.9 Å². The van der Waals surface area contributed by atoms with Crippen LogP contribution in [0.5, 0.6) is 0 Å². The maximum absolute atomic E-state index is 11.9. The first-order valence-corrected chi connectivity index (χ1v) is 8.00. The Hall–Kier alpha value is -1.10. The van der Waals surface area contributed by atoms with E-state index >= 15 is 0 Å². The van der Waals surface area contributed by atoms with Crippen molar-refractivity contribution in [3.05, 3.63) is 0 Å². The SMILES string of the molecule is CCOC1CC(CC(=O)NCC(CC(=O)O)CC(C)C)C1. The van der Waals surface area contributed by atoms with Crippen LogP contribution in [0.3, 0.4) is 0 Å². The first-order chi connectivity index (χ1) is 9.90. The number of amides is 1. The molecule has 1 unspecified atom stereocenters. The molecule has 1 rings (SSSR count). The predicted molar refractivity (Wildman–Crippen MR) is 81.0 cm³/mol. The summed E-state index contributed by atoms with van der Waals surface area (Å²) in [6, 6.07) is 0. The number of hydrogen-bond donors (Lipinski definition) is 2. The molecule has 0 spiro atoms. The van der Waals surface area contributed by atoms with E-state index in [9.17, 15) is 9.59 Å². The zero-order valence-corrected chi connectivity index (χ0v) is 13.4. The van der Waals surface area contributed by atoms with Gasteiger partial charge in [-0.3, -0.25) is 9.59 Å². The fourth-order valence-corrected chi connectivity index (χ4v) is 2.96. The van der Waals surface area contributed by atoms with E-state index in [1.807, 2.05) is 6.92 Å². The zero-order valence-electron chi connectivity index (χ0n) is 13.4. The fourth-order valence-electron chi connectivity index (χ4n) is 2.96. The van der Waals surface area contributed by atoms with E-state index in [1.54, 1.807) is 0 Å². The number of carboxylic acid groups (broad SMARTS) is 1. The highest BCUT2D eigenvalue weighted by molar-refractivity contribution is 5.76. The van der Waals surface area contributed by atoms with Gasteiger partial charge in [0.15, 0.2) is 0 Å². The van der Waals surface area contributed by atoms with Crippen LogP contribution in [0.25, 0.3) is 0 Å². The lowest BCUT2D eigenvalue weighted by molar-refractivity contribution is -0.138. The second-order valence-corrected chi connectivity index (χ2v) is 6.52. The van der Waals surface area contributed by atoms with Crippen LogP contribution in [0, 0.1) is 17.8 Å². The summed E-state index contributed by atoms with van der Waals surface area (Å²) >= 11 is 0. The molecular weight excluding hydrogens is 270 g/mol. The van der Waals surface area contributed by atoms with Gasteiger partial charge in [0.05, 0.1) is 6.10 Å². The summed E-state index contributed by atoms with van der Waals surface area (Å²) in [6.07, 6.45) is 3.73. The molecule has 0 heterocycles. The highest BCUT2D eigenvalue weighted by Crippen LogP contribution is 2.32. The lowest BCUT2D eigenvalue weighted by Crippen LogP contribution is -2.37. The molecule has 122 valence electrons. The Morgan fingerprint density at radius 3 is 2.52 bits per heavy atom. The maximum Gasteiger partial charge on any atom is 0.303 e. The van der Waals surface area contributed by atoms with Crippen LogP contribution in [0.1, 0.15) is 52.9 Å². The Labute approximate surface area is 127 Å². The molecule has 1 saturated carbocycles. The van der Waals surface area contributed by atoms with Gasteiger partial charge in [-0.25, -0.2) is 0 Å². The number of carboxylic acids is 1. The molecule has 0 bridgehead atoms. The molecule has 1 aliphatic rings. The molecule has 0 aromatic heterocycles. The minimum atomic E-state index is -0.798. The van der Waals surface area contributed by atoms with E-state index in [0.717, 1.165) is 25.9 Å². The van der Waals surface area contributed by atoms with Crippen LogP contribution < -0.4 is 5.32 Å². The molecule has 0 aromatic carbocycles. The van der Waals surface area contributed by atoms with Crippen molar-refractivity contribution in [3.63, 3.8) is 0 Å². The smallest absolute Gasteiger partial charge is 0.303 e. The van der Waals surface area contributed by atoms with Crippen molar-refractivity contribution in [3.8, 4) is 0 Å². The van der Waals surface area contributed by atoms with E-state index in [4.69, 9.17) is 9.84 Å². The molecule has 21 heavy (non-hydrogen) atoms. The summed E-state index contributed by atoms with van der Waals surface area (Å²) < 4.78 is 5.48. The van der Waals surface area contributed by atoms with E-state index in [1.165, 1.54) is 0 Å². The molecule has 1 fully saturated rings. The van der Waals surface area contributed by atoms with Crippen LogP contribution >= 0.6 is 0 Å². The molecule has 0 radical (unpaired) electrons. The molecule has 1 aliphatic carbocycles. The highest BCUT2D eigenvalue weighted by atomic mass is 16.5. The average molecular weight is 299 g/mol. The van der Waals surface area contributed by atoms with Gasteiger partial charge in [0.2, 0.25) is 5.91 Å². The van der Waals surface area contributed by atoms with Gasteiger partial charge in [0.25, 0.3) is 0 Å². The van der Waals surface area contributed by atoms with Gasteiger partial charge in [0, 0.05) is 26.0 Å². The summed E-state index contributed by atoms with van der Waals surface area (Å²) in [5, 5.41) is 11.8. The monoisotopic (exact) mass is 299 g/mol. The van der Waals surface area contributed by atoms with Crippen molar-refractivity contribution < 1.29 is 19.4 Å². The molecule has 1 atom stereocenters. The Morgan fingerprint density at radius 2 is 2.00 bits per heavy atom. The van der Waals surface area contributed by atoms with Crippen LogP contribution in [0.15, 0.2) is 0 Å². The van der Waals surface area contributed by atoms with Crippen LogP contribution in [0.2, 0.25) is 0 Å². The normalized spacial score (nSPS) is 22.7. The van der Waals surface area contributed by atoms with Crippen molar-refractivity contribution in [2.45, 2.75) is 59.0 Å². The van der Waals surface area contributed by atoms with Crippen molar-refractivity contribution in [2.24, 2.45) is 17.8 Å². The quantitative estimate of drug-likeness (QED) is 0.649. The Bertz CT molecular complexity index is 337. The highest BCUT2D eigenvalue weighted by Gasteiger charge is 2.31. The van der Waals surface area contributed by atoms with Gasteiger partial charge in [-0.2, -0.15) is 0 Å². The summed E-state index contributed by atoms with van der Waals surface area (Å²) in [7, 11) is 0. The van der Waals surface area contributed by atoms with E-state index < -0.39 is 5.97 Å². The molecule has 1 amide bonds. The number of ether oxygens (including phenoxy) is 1. The number of aliphatic carboxylic acids is 1. The fraction of sp³-hybridized carbons (Fsp3) is 0.875. The zero-order chi connectivity index (χ0) is 15.8. The van der Waals surface area contributed by atoms with Gasteiger partial charge in [0.1, 0.15) is 0 Å². The number of hydrogen-bond acceptors (Lipinski definition) is 3. The molecule has 5 heteroatoms. The molecule has 2 N–H and O–H groups in total. The van der Waals surface area contributed by atoms with Gasteiger partial charge < -0.3 is 15.2 Å². The minimum absolute atomic E-state index is 0.0176. The lowest BCUT2D eigenvalue weighted by atomic mass is 9.80. The summed E-state index contributed by atoms with van der Waals surface area (Å²) in [6.45, 7) is 7.32. The Balaban J connectivity index is 2.22. The topological polar surface area (TPSA) is 75.6 Å². The van der Waals surface area contributed by atoms with Crippen molar-refractivity contribution in [2.75, 3.05) is 13.2 Å². The number of carbonyl (C=O) groups is 2. The first kappa shape index (κ1) is 18.0. The summed E-state index contributed by atoms with van der Waals surface area (Å²) in [4.78, 5) is 22.7. The Kier molecular flexibility index (Phi) is 7.72.